The van der Waals surface area contributed by atoms with E-state index in [-0.39, 0.29) is 17.9 Å². The molecule has 0 spiro atoms. The fourth-order valence-electron chi connectivity index (χ4n) is 2.25. The number of carbonyl (C=O) groups excluding carboxylic acids is 1. The predicted molar refractivity (Wildman–Crippen MR) is 67.5 cm³/mol. The molecule has 0 saturated heterocycles. The highest BCUT2D eigenvalue weighted by Crippen LogP contribution is 2.24. The highest BCUT2D eigenvalue weighted by atomic mass is 16.1. The van der Waals surface area contributed by atoms with Gasteiger partial charge in [0.25, 0.3) is 0 Å². The summed E-state index contributed by atoms with van der Waals surface area (Å²) in [4.78, 5) is 16.2. The summed E-state index contributed by atoms with van der Waals surface area (Å²) in [6.07, 6.45) is 5.52. The number of pyridine rings is 1. The summed E-state index contributed by atoms with van der Waals surface area (Å²) >= 11 is 0. The number of nitrogens with two attached hydrogens (primary N) is 1. The van der Waals surface area contributed by atoms with E-state index in [9.17, 15) is 4.79 Å². The largest absolute Gasteiger partial charge is 0.328 e. The second-order valence-electron chi connectivity index (χ2n) is 4.80. The van der Waals surface area contributed by atoms with Crippen molar-refractivity contribution < 1.29 is 4.79 Å². The second kappa shape index (κ2) is 5.27. The lowest BCUT2D eigenvalue weighted by atomic mass is 9.85. The van der Waals surface area contributed by atoms with E-state index in [0.29, 0.717) is 0 Å². The molecule has 2 atom stereocenters. The van der Waals surface area contributed by atoms with Crippen molar-refractivity contribution in [3.05, 3.63) is 24.0 Å². The zero-order chi connectivity index (χ0) is 12.3. The first-order valence-corrected chi connectivity index (χ1v) is 6.14. The van der Waals surface area contributed by atoms with Crippen LogP contribution in [0.15, 0.2) is 18.3 Å². The molecule has 1 fully saturated rings. The molecular weight excluding hydrogens is 214 g/mol. The molecule has 4 heteroatoms. The van der Waals surface area contributed by atoms with Crippen LogP contribution in [0.25, 0.3) is 0 Å². The third-order valence-corrected chi connectivity index (χ3v) is 3.26. The van der Waals surface area contributed by atoms with E-state index in [0.717, 1.165) is 37.1 Å². The number of nitrogens with one attached hydrogen (secondary N) is 1. The van der Waals surface area contributed by atoms with Crippen molar-refractivity contribution in [2.24, 2.45) is 11.7 Å². The van der Waals surface area contributed by atoms with Crippen LogP contribution in [0.5, 0.6) is 0 Å². The summed E-state index contributed by atoms with van der Waals surface area (Å²) in [7, 11) is 0. The van der Waals surface area contributed by atoms with Crippen molar-refractivity contribution in [2.45, 2.75) is 38.6 Å². The van der Waals surface area contributed by atoms with Crippen molar-refractivity contribution in [3.8, 4) is 0 Å². The number of aryl methyl sites for hydroxylation is 1. The van der Waals surface area contributed by atoms with Crippen LogP contribution in [0.1, 0.15) is 31.4 Å². The highest BCUT2D eigenvalue weighted by molar-refractivity contribution is 5.92. The Hall–Kier alpha value is -1.42. The molecule has 1 heterocycles. The van der Waals surface area contributed by atoms with Gasteiger partial charge in [0.1, 0.15) is 0 Å². The zero-order valence-electron chi connectivity index (χ0n) is 10.1. The molecule has 17 heavy (non-hydrogen) atoms. The number of carbonyl (C=O) groups is 1. The molecule has 0 aliphatic heterocycles. The number of anilines is 1. The fraction of sp³-hybridized carbons (Fsp3) is 0.538. The minimum atomic E-state index is 0.0556. The Labute approximate surface area is 102 Å². The minimum absolute atomic E-state index is 0.0556. The van der Waals surface area contributed by atoms with Gasteiger partial charge in [-0.2, -0.15) is 0 Å². The van der Waals surface area contributed by atoms with Crippen LogP contribution in [0.3, 0.4) is 0 Å². The monoisotopic (exact) mass is 233 g/mol. The average Bonchev–Trinajstić information content (AvgIpc) is 2.32. The molecule has 0 aromatic carbocycles. The molecule has 1 aliphatic carbocycles. The van der Waals surface area contributed by atoms with Gasteiger partial charge in [0, 0.05) is 17.7 Å². The third kappa shape index (κ3) is 3.27. The van der Waals surface area contributed by atoms with Gasteiger partial charge >= 0.3 is 0 Å². The summed E-state index contributed by atoms with van der Waals surface area (Å²) in [5, 5.41) is 2.90. The highest BCUT2D eigenvalue weighted by Gasteiger charge is 2.25. The van der Waals surface area contributed by atoms with E-state index in [4.69, 9.17) is 5.73 Å². The summed E-state index contributed by atoms with van der Waals surface area (Å²) in [6, 6.07) is 3.95. The Morgan fingerprint density at radius 2 is 2.29 bits per heavy atom. The quantitative estimate of drug-likeness (QED) is 0.819. The number of rotatable bonds is 2. The Morgan fingerprint density at radius 1 is 1.47 bits per heavy atom. The van der Waals surface area contributed by atoms with Crippen molar-refractivity contribution >= 4 is 11.6 Å². The van der Waals surface area contributed by atoms with Gasteiger partial charge in [-0.25, -0.2) is 0 Å². The lowest BCUT2D eigenvalue weighted by Crippen LogP contribution is -2.34. The molecule has 92 valence electrons. The van der Waals surface area contributed by atoms with Crippen molar-refractivity contribution in [2.75, 3.05) is 5.32 Å². The summed E-state index contributed by atoms with van der Waals surface area (Å²) in [5.74, 6) is 0.130. The predicted octanol–water partition coefficient (Wildman–Crippen LogP) is 1.85. The topological polar surface area (TPSA) is 68.0 Å². The van der Waals surface area contributed by atoms with E-state index in [1.54, 1.807) is 6.20 Å². The van der Waals surface area contributed by atoms with E-state index in [2.05, 4.69) is 10.3 Å². The molecular formula is C13H19N3O. The van der Waals surface area contributed by atoms with Gasteiger partial charge in [0.15, 0.2) is 0 Å². The van der Waals surface area contributed by atoms with Gasteiger partial charge in [-0.1, -0.05) is 6.42 Å². The molecule has 4 nitrogen and oxygen atoms in total. The van der Waals surface area contributed by atoms with Crippen LogP contribution >= 0.6 is 0 Å². The maximum absolute atomic E-state index is 12.0. The van der Waals surface area contributed by atoms with Gasteiger partial charge in [-0.05, 0) is 38.3 Å². The van der Waals surface area contributed by atoms with Gasteiger partial charge in [0.2, 0.25) is 5.91 Å². The number of hydrogen-bond acceptors (Lipinski definition) is 3. The average molecular weight is 233 g/mol. The summed E-state index contributed by atoms with van der Waals surface area (Å²) < 4.78 is 0. The fourth-order valence-corrected chi connectivity index (χ4v) is 2.25. The first kappa shape index (κ1) is 12.0. The van der Waals surface area contributed by atoms with Gasteiger partial charge < -0.3 is 11.1 Å². The molecule has 1 aromatic heterocycles. The van der Waals surface area contributed by atoms with E-state index in [1.165, 1.54) is 0 Å². The molecule has 2 unspecified atom stereocenters. The molecule has 1 saturated carbocycles. The molecule has 1 aliphatic rings. The number of hydrogen-bond donors (Lipinski definition) is 2. The minimum Gasteiger partial charge on any atom is -0.328 e. The van der Waals surface area contributed by atoms with Gasteiger partial charge in [0.05, 0.1) is 11.9 Å². The number of amides is 1. The van der Waals surface area contributed by atoms with E-state index in [1.807, 2.05) is 19.1 Å². The first-order chi connectivity index (χ1) is 8.15. The summed E-state index contributed by atoms with van der Waals surface area (Å²) in [6.45, 7) is 1.92. The Kier molecular flexibility index (Phi) is 3.74. The second-order valence-corrected chi connectivity index (χ2v) is 4.80. The molecule has 1 amide bonds. The lowest BCUT2D eigenvalue weighted by molar-refractivity contribution is -0.120. The molecule has 1 aromatic rings. The Bertz CT molecular complexity index is 388. The normalized spacial score (nSPS) is 24.4. The van der Waals surface area contributed by atoms with E-state index >= 15 is 0 Å². The maximum atomic E-state index is 12.0. The van der Waals surface area contributed by atoms with Crippen molar-refractivity contribution in [3.63, 3.8) is 0 Å². The Balaban J connectivity index is 1.94. The van der Waals surface area contributed by atoms with Gasteiger partial charge in [-0.15, -0.1) is 0 Å². The van der Waals surface area contributed by atoms with E-state index < -0.39 is 0 Å². The van der Waals surface area contributed by atoms with Crippen LogP contribution in [0.2, 0.25) is 0 Å². The van der Waals surface area contributed by atoms with Crippen molar-refractivity contribution in [1.29, 1.82) is 0 Å². The van der Waals surface area contributed by atoms with Crippen LogP contribution in [-0.4, -0.2) is 16.9 Å². The zero-order valence-corrected chi connectivity index (χ0v) is 10.1. The van der Waals surface area contributed by atoms with Gasteiger partial charge in [-0.3, -0.25) is 9.78 Å². The maximum Gasteiger partial charge on any atom is 0.227 e. The third-order valence-electron chi connectivity index (χ3n) is 3.26. The SMILES string of the molecule is Cc1ccc(NC(=O)C2CCCC(N)C2)cn1. The molecule has 2 rings (SSSR count). The molecule has 3 N–H and O–H groups in total. The smallest absolute Gasteiger partial charge is 0.227 e. The molecule has 0 bridgehead atoms. The first-order valence-electron chi connectivity index (χ1n) is 6.14. The Morgan fingerprint density at radius 3 is 2.94 bits per heavy atom. The van der Waals surface area contributed by atoms with Crippen LogP contribution in [0.4, 0.5) is 5.69 Å². The molecule has 0 radical (unpaired) electrons. The van der Waals surface area contributed by atoms with Crippen molar-refractivity contribution in [1.82, 2.24) is 4.98 Å². The number of nitrogens with zero attached hydrogens (tertiary/aromatic N) is 1. The summed E-state index contributed by atoms with van der Waals surface area (Å²) in [5.41, 5.74) is 7.59. The van der Waals surface area contributed by atoms with Crippen LogP contribution < -0.4 is 11.1 Å². The standard InChI is InChI=1S/C13H19N3O/c1-9-5-6-12(8-15-9)16-13(17)10-3-2-4-11(14)7-10/h5-6,8,10-11H,2-4,7,14H2,1H3,(H,16,17). The van der Waals surface area contributed by atoms with Crippen LogP contribution in [0, 0.1) is 12.8 Å². The number of aromatic nitrogens is 1. The van der Waals surface area contributed by atoms with Crippen LogP contribution in [-0.2, 0) is 4.79 Å². The lowest BCUT2D eigenvalue weighted by Gasteiger charge is -2.25.